The lowest BCUT2D eigenvalue weighted by atomic mass is 9.84. The van der Waals surface area contributed by atoms with E-state index in [1.807, 2.05) is 51.1 Å². The van der Waals surface area contributed by atoms with Gasteiger partial charge in [0.1, 0.15) is 23.8 Å². The number of benzene rings is 1. The number of rotatable bonds is 7. The number of amides is 3. The van der Waals surface area contributed by atoms with Crippen LogP contribution in [0.4, 0.5) is 0 Å². The van der Waals surface area contributed by atoms with E-state index in [9.17, 15) is 19.2 Å². The van der Waals surface area contributed by atoms with E-state index in [0.29, 0.717) is 12.0 Å². The fourth-order valence-electron chi connectivity index (χ4n) is 6.18. The van der Waals surface area contributed by atoms with Gasteiger partial charge in [0.05, 0.1) is 6.42 Å². The largest absolute Gasteiger partial charge is 0.433 e. The molecule has 1 aliphatic carbocycles. The second-order valence-corrected chi connectivity index (χ2v) is 11.7. The highest BCUT2D eigenvalue weighted by Gasteiger charge is 2.54. The van der Waals surface area contributed by atoms with E-state index >= 15 is 0 Å². The standard InChI is InChI=1S/C29H36N4O6/c1-5-38-28-20(15-21(34)39-28)31-26(36)23-17-10-11-18(14-17)33(23)27(37)24(29(2,3)4)32-25(35)22-19-9-7-6-8-16(19)12-13-30-22/h6-9,12-13,17-18,20,23-24,28H,5,10-11,14-15H2,1-4H3,(H,31,36)(H,32,35)/t17-,18+,20-,23+,24-,28-/m1/s1. The van der Waals surface area contributed by atoms with E-state index in [0.717, 1.165) is 24.6 Å². The van der Waals surface area contributed by atoms with Gasteiger partial charge in [0.15, 0.2) is 0 Å². The first-order valence-corrected chi connectivity index (χ1v) is 13.7. The first-order chi connectivity index (χ1) is 18.6. The fraction of sp³-hybridized carbons (Fsp3) is 0.552. The van der Waals surface area contributed by atoms with Crippen molar-refractivity contribution >= 4 is 34.5 Å². The third-order valence-electron chi connectivity index (χ3n) is 8.01. The number of aromatic nitrogens is 1. The maximum Gasteiger partial charge on any atom is 0.310 e. The summed E-state index contributed by atoms with van der Waals surface area (Å²) >= 11 is 0. The molecule has 39 heavy (non-hydrogen) atoms. The molecule has 1 aromatic heterocycles. The van der Waals surface area contributed by atoms with Gasteiger partial charge in [0.25, 0.3) is 5.91 Å². The summed E-state index contributed by atoms with van der Waals surface area (Å²) in [6.45, 7) is 7.80. The normalized spacial score (nSPS) is 26.9. The number of likely N-dealkylation sites (tertiary alicyclic amines) is 1. The predicted molar refractivity (Wildman–Crippen MR) is 142 cm³/mol. The third kappa shape index (κ3) is 5.22. The van der Waals surface area contributed by atoms with Crippen molar-refractivity contribution in [2.75, 3.05) is 6.61 Å². The summed E-state index contributed by atoms with van der Waals surface area (Å²) in [4.78, 5) is 59.1. The average molecular weight is 537 g/mol. The van der Waals surface area contributed by atoms with Crippen molar-refractivity contribution in [3.05, 3.63) is 42.2 Å². The Balaban J connectivity index is 1.38. The number of esters is 1. The maximum absolute atomic E-state index is 14.2. The number of hydrogen-bond donors (Lipinski definition) is 2. The predicted octanol–water partition coefficient (Wildman–Crippen LogP) is 2.55. The molecule has 1 saturated carbocycles. The monoisotopic (exact) mass is 536 g/mol. The minimum Gasteiger partial charge on any atom is -0.433 e. The van der Waals surface area contributed by atoms with Crippen LogP contribution in [-0.2, 0) is 23.9 Å². The zero-order valence-electron chi connectivity index (χ0n) is 22.8. The molecule has 2 aromatic rings. The number of hydrogen-bond acceptors (Lipinski definition) is 7. The van der Waals surface area contributed by atoms with E-state index < -0.39 is 41.7 Å². The highest BCUT2D eigenvalue weighted by molar-refractivity contribution is 6.06. The number of carbonyl (C=O) groups excluding carboxylic acids is 4. The van der Waals surface area contributed by atoms with Crippen LogP contribution < -0.4 is 10.6 Å². The summed E-state index contributed by atoms with van der Waals surface area (Å²) in [5.41, 5.74) is -0.383. The summed E-state index contributed by atoms with van der Waals surface area (Å²) in [5, 5.41) is 7.45. The minimum atomic E-state index is -0.881. The zero-order valence-corrected chi connectivity index (χ0v) is 22.8. The number of fused-ring (bicyclic) bond motifs is 3. The number of nitrogens with zero attached hydrogens (tertiary/aromatic N) is 2. The van der Waals surface area contributed by atoms with Crippen LogP contribution in [0.5, 0.6) is 0 Å². The van der Waals surface area contributed by atoms with E-state index in [-0.39, 0.29) is 35.9 Å². The van der Waals surface area contributed by atoms with Gasteiger partial charge >= 0.3 is 5.97 Å². The SMILES string of the molecule is CCO[C@@H]1OC(=O)C[C@H]1NC(=O)[C@@H]1[C@@H]2CC[C@@H](C2)N1C(=O)[C@@H](NC(=O)c1nccc2ccccc12)C(C)(C)C. The van der Waals surface area contributed by atoms with Crippen LogP contribution in [0.15, 0.2) is 36.5 Å². The maximum atomic E-state index is 14.2. The van der Waals surface area contributed by atoms with E-state index in [4.69, 9.17) is 9.47 Å². The Kier molecular flexibility index (Phi) is 7.33. The molecule has 3 fully saturated rings. The Hall–Kier alpha value is -3.53. The van der Waals surface area contributed by atoms with Crippen LogP contribution in [0.1, 0.15) is 63.9 Å². The fourth-order valence-corrected chi connectivity index (χ4v) is 6.18. The van der Waals surface area contributed by atoms with Crippen molar-refractivity contribution in [1.29, 1.82) is 0 Å². The van der Waals surface area contributed by atoms with Crippen LogP contribution in [0.25, 0.3) is 10.8 Å². The molecule has 2 aliphatic heterocycles. The molecule has 10 nitrogen and oxygen atoms in total. The third-order valence-corrected chi connectivity index (χ3v) is 8.01. The average Bonchev–Trinajstić information content (AvgIpc) is 3.60. The number of cyclic esters (lactones) is 1. The molecule has 0 spiro atoms. The van der Waals surface area contributed by atoms with Crippen LogP contribution >= 0.6 is 0 Å². The molecule has 0 radical (unpaired) electrons. The van der Waals surface area contributed by atoms with Gasteiger partial charge in [-0.15, -0.1) is 0 Å². The van der Waals surface area contributed by atoms with Gasteiger partial charge in [-0.05, 0) is 49.0 Å². The Morgan fingerprint density at radius 1 is 1.18 bits per heavy atom. The minimum absolute atomic E-state index is 0.0126. The molecular formula is C29H36N4O6. The van der Waals surface area contributed by atoms with E-state index in [1.54, 1.807) is 18.0 Å². The zero-order chi connectivity index (χ0) is 27.9. The first-order valence-electron chi connectivity index (χ1n) is 13.7. The van der Waals surface area contributed by atoms with Crippen molar-refractivity contribution in [3.8, 4) is 0 Å². The number of pyridine rings is 1. The number of piperidine rings is 1. The lowest BCUT2D eigenvalue weighted by molar-refractivity contribution is -0.165. The van der Waals surface area contributed by atoms with Crippen LogP contribution in [-0.4, -0.2) is 70.6 Å². The van der Waals surface area contributed by atoms with Crippen molar-refractivity contribution < 1.29 is 28.7 Å². The lowest BCUT2D eigenvalue weighted by Crippen LogP contribution is -2.62. The summed E-state index contributed by atoms with van der Waals surface area (Å²) in [6.07, 6.45) is 3.14. The van der Waals surface area contributed by atoms with Gasteiger partial charge in [-0.2, -0.15) is 0 Å². The van der Waals surface area contributed by atoms with Gasteiger partial charge in [-0.25, -0.2) is 0 Å². The van der Waals surface area contributed by atoms with Gasteiger partial charge in [-0.1, -0.05) is 45.0 Å². The van der Waals surface area contributed by atoms with Crippen molar-refractivity contribution in [1.82, 2.24) is 20.5 Å². The summed E-state index contributed by atoms with van der Waals surface area (Å²) in [7, 11) is 0. The number of nitrogens with one attached hydrogen (secondary N) is 2. The molecule has 2 saturated heterocycles. The van der Waals surface area contributed by atoms with E-state index in [1.165, 1.54) is 0 Å². The summed E-state index contributed by atoms with van der Waals surface area (Å²) in [5.74, 6) is -1.47. The van der Waals surface area contributed by atoms with Crippen molar-refractivity contribution in [2.24, 2.45) is 11.3 Å². The quantitative estimate of drug-likeness (QED) is 0.521. The Bertz CT molecular complexity index is 1280. The van der Waals surface area contributed by atoms with Crippen LogP contribution in [0, 0.1) is 11.3 Å². The van der Waals surface area contributed by atoms with E-state index in [2.05, 4.69) is 15.6 Å². The van der Waals surface area contributed by atoms with Crippen LogP contribution in [0.3, 0.4) is 0 Å². The number of ether oxygens (including phenoxy) is 2. The highest BCUT2D eigenvalue weighted by Crippen LogP contribution is 2.44. The molecular weight excluding hydrogens is 500 g/mol. The van der Waals surface area contributed by atoms with Crippen molar-refractivity contribution in [2.45, 2.75) is 83.8 Å². The molecule has 2 bridgehead atoms. The molecule has 2 N–H and O–H groups in total. The highest BCUT2D eigenvalue weighted by atomic mass is 16.7. The van der Waals surface area contributed by atoms with Crippen molar-refractivity contribution in [3.63, 3.8) is 0 Å². The lowest BCUT2D eigenvalue weighted by Gasteiger charge is -2.40. The van der Waals surface area contributed by atoms with Gasteiger partial charge in [-0.3, -0.25) is 24.2 Å². The molecule has 5 rings (SSSR count). The molecule has 1 aromatic carbocycles. The second-order valence-electron chi connectivity index (χ2n) is 11.7. The van der Waals surface area contributed by atoms with Gasteiger partial charge in [0.2, 0.25) is 18.1 Å². The summed E-state index contributed by atoms with van der Waals surface area (Å²) in [6, 6.07) is 7.04. The Morgan fingerprint density at radius 3 is 2.69 bits per heavy atom. The smallest absolute Gasteiger partial charge is 0.310 e. The topological polar surface area (TPSA) is 127 Å². The number of carbonyl (C=O) groups is 4. The molecule has 6 atom stereocenters. The Labute approximate surface area is 227 Å². The molecule has 0 unspecified atom stereocenters. The summed E-state index contributed by atoms with van der Waals surface area (Å²) < 4.78 is 10.7. The second kappa shape index (κ2) is 10.6. The van der Waals surface area contributed by atoms with Gasteiger partial charge in [0, 0.05) is 24.2 Å². The van der Waals surface area contributed by atoms with Gasteiger partial charge < -0.3 is 25.0 Å². The molecule has 10 heteroatoms. The molecule has 3 amide bonds. The molecule has 3 heterocycles. The molecule has 208 valence electrons. The first kappa shape index (κ1) is 27.1. The Morgan fingerprint density at radius 2 is 1.95 bits per heavy atom. The molecule has 3 aliphatic rings. The van der Waals surface area contributed by atoms with Crippen LogP contribution in [0.2, 0.25) is 0 Å².